The van der Waals surface area contributed by atoms with E-state index in [2.05, 4.69) is 0 Å². The van der Waals surface area contributed by atoms with Gasteiger partial charge in [-0.05, 0) is 43.7 Å². The molecule has 0 bridgehead atoms. The summed E-state index contributed by atoms with van der Waals surface area (Å²) in [4.78, 5) is 12.8. The van der Waals surface area contributed by atoms with Gasteiger partial charge in [0.1, 0.15) is 28.4 Å². The number of rotatable bonds is 2. The predicted octanol–water partition coefficient (Wildman–Crippen LogP) is 2.97. The first kappa shape index (κ1) is 18.2. The molecule has 0 aliphatic carbocycles. The van der Waals surface area contributed by atoms with E-state index in [1.54, 1.807) is 12.1 Å². The van der Waals surface area contributed by atoms with Gasteiger partial charge in [-0.3, -0.25) is 4.79 Å². The average molecular weight is 384 g/mol. The van der Waals surface area contributed by atoms with Crippen LogP contribution in [-0.2, 0) is 0 Å². The lowest BCUT2D eigenvalue weighted by Crippen LogP contribution is -2.37. The van der Waals surface area contributed by atoms with Crippen LogP contribution >= 0.6 is 0 Å². The molecule has 0 saturated carbocycles. The zero-order chi connectivity index (χ0) is 20.2. The predicted molar refractivity (Wildman–Crippen MR) is 100 cm³/mol. The van der Waals surface area contributed by atoms with Gasteiger partial charge >= 0.3 is 0 Å². The minimum Gasteiger partial charge on any atom is -0.507 e. The molecule has 0 aromatic heterocycles. The number of aliphatic hydroxyl groups excluding tert-OH is 1. The summed E-state index contributed by atoms with van der Waals surface area (Å²) in [5.74, 6) is -0.354. The van der Waals surface area contributed by atoms with E-state index in [0.717, 1.165) is 0 Å². The van der Waals surface area contributed by atoms with Crippen LogP contribution in [0.4, 0.5) is 0 Å². The molecule has 0 spiro atoms. The van der Waals surface area contributed by atoms with Crippen LogP contribution in [0.3, 0.4) is 0 Å². The maximum Gasteiger partial charge on any atom is 0.202 e. The van der Waals surface area contributed by atoms with Gasteiger partial charge in [-0.1, -0.05) is 6.07 Å². The number of fused-ring (bicyclic) bond motifs is 3. The van der Waals surface area contributed by atoms with Gasteiger partial charge in [-0.15, -0.1) is 0 Å². The van der Waals surface area contributed by atoms with E-state index in [-0.39, 0.29) is 28.6 Å². The van der Waals surface area contributed by atoms with Crippen LogP contribution in [-0.4, -0.2) is 39.9 Å². The molecule has 2 aromatic rings. The highest BCUT2D eigenvalue weighted by atomic mass is 16.5. The first-order valence-electron chi connectivity index (χ1n) is 8.76. The van der Waals surface area contributed by atoms with Crippen molar-refractivity contribution in [2.75, 3.05) is 7.11 Å². The quantitative estimate of drug-likeness (QED) is 0.731. The number of phenols is 2. The number of aromatic hydroxyl groups is 2. The smallest absolute Gasteiger partial charge is 0.202 e. The highest BCUT2D eigenvalue weighted by molar-refractivity contribution is 6.07. The normalized spacial score (nSPS) is 21.9. The molecule has 2 heterocycles. The second-order valence-corrected chi connectivity index (χ2v) is 7.33. The fourth-order valence-corrected chi connectivity index (χ4v) is 3.45. The lowest BCUT2D eigenvalue weighted by molar-refractivity contribution is 0.0206. The Kier molecular flexibility index (Phi) is 4.01. The van der Waals surface area contributed by atoms with Crippen molar-refractivity contribution < 1.29 is 34.3 Å². The Morgan fingerprint density at radius 1 is 1.14 bits per heavy atom. The van der Waals surface area contributed by atoms with E-state index in [1.807, 2.05) is 19.9 Å². The highest BCUT2D eigenvalue weighted by Crippen LogP contribution is 2.48. The lowest BCUT2D eigenvalue weighted by atomic mass is 9.89. The Bertz CT molecular complexity index is 1010. The monoisotopic (exact) mass is 384 g/mol. The van der Waals surface area contributed by atoms with Crippen molar-refractivity contribution in [1.82, 2.24) is 0 Å². The molecule has 2 atom stereocenters. The van der Waals surface area contributed by atoms with Crippen LogP contribution in [0.5, 0.6) is 28.7 Å². The second kappa shape index (κ2) is 6.17. The van der Waals surface area contributed by atoms with Crippen molar-refractivity contribution in [3.63, 3.8) is 0 Å². The second-order valence-electron chi connectivity index (χ2n) is 7.33. The van der Waals surface area contributed by atoms with E-state index in [1.165, 1.54) is 25.3 Å². The van der Waals surface area contributed by atoms with Gasteiger partial charge in [0.25, 0.3) is 0 Å². The number of ketones is 1. The number of Topliss-reactive ketones (excluding diaryl/α,β-unsaturated/α-hetero) is 1. The summed E-state index contributed by atoms with van der Waals surface area (Å²) in [6, 6.07) is 5.84. The number of ether oxygens (including phenoxy) is 3. The number of aliphatic hydroxyl groups is 1. The third-order valence-corrected chi connectivity index (χ3v) is 4.86. The molecule has 3 N–H and O–H groups in total. The van der Waals surface area contributed by atoms with Gasteiger partial charge in [0.05, 0.1) is 12.7 Å². The first-order valence-corrected chi connectivity index (χ1v) is 8.76. The summed E-state index contributed by atoms with van der Waals surface area (Å²) in [5.41, 5.74) is 0.235. The fourth-order valence-electron chi connectivity index (χ4n) is 3.45. The van der Waals surface area contributed by atoms with Crippen molar-refractivity contribution in [1.29, 1.82) is 0 Å². The number of carbonyl (C=O) groups excluding carboxylic acids is 1. The first-order chi connectivity index (χ1) is 13.2. The molecule has 7 nitrogen and oxygen atoms in total. The maximum absolute atomic E-state index is 12.8. The average Bonchev–Trinajstić information content (AvgIpc) is 2.63. The largest absolute Gasteiger partial charge is 0.507 e. The van der Waals surface area contributed by atoms with Crippen molar-refractivity contribution in [2.45, 2.75) is 31.7 Å². The third kappa shape index (κ3) is 2.75. The van der Waals surface area contributed by atoms with Crippen LogP contribution in [0.15, 0.2) is 30.3 Å². The maximum atomic E-state index is 12.8. The number of hydrogen-bond donors (Lipinski definition) is 3. The topological polar surface area (TPSA) is 105 Å². The standard InChI is InChI=1S/C21H20O7/c1-21(2)7-6-11-15(28-21)9-13(23)16-17(24)18(25)19(27-20(11)16)10-4-5-14(26-3)12(22)8-10/h4-9,18-19,22-23,25H,1-3H3. The van der Waals surface area contributed by atoms with E-state index in [0.29, 0.717) is 16.9 Å². The number of phenolic OH excluding ortho intramolecular Hbond substituents is 2. The molecule has 2 aromatic carbocycles. The Labute approximate surface area is 161 Å². The Morgan fingerprint density at radius 3 is 2.57 bits per heavy atom. The minimum atomic E-state index is -1.55. The Morgan fingerprint density at radius 2 is 1.89 bits per heavy atom. The highest BCUT2D eigenvalue weighted by Gasteiger charge is 2.41. The summed E-state index contributed by atoms with van der Waals surface area (Å²) in [7, 11) is 1.42. The molecule has 28 heavy (non-hydrogen) atoms. The van der Waals surface area contributed by atoms with Crippen LogP contribution in [0.1, 0.15) is 41.4 Å². The Balaban J connectivity index is 1.83. The summed E-state index contributed by atoms with van der Waals surface area (Å²) < 4.78 is 16.8. The summed E-state index contributed by atoms with van der Waals surface area (Å²) in [6.45, 7) is 3.73. The summed E-state index contributed by atoms with van der Waals surface area (Å²) in [5, 5.41) is 30.9. The summed E-state index contributed by atoms with van der Waals surface area (Å²) >= 11 is 0. The molecule has 0 saturated heterocycles. The van der Waals surface area contributed by atoms with Gasteiger partial charge in [-0.2, -0.15) is 0 Å². The fraction of sp³-hybridized carbons (Fsp3) is 0.286. The molecule has 146 valence electrons. The van der Waals surface area contributed by atoms with Crippen LogP contribution in [0.25, 0.3) is 6.08 Å². The number of hydrogen-bond acceptors (Lipinski definition) is 7. The van der Waals surface area contributed by atoms with Crippen LogP contribution < -0.4 is 14.2 Å². The molecule has 2 unspecified atom stereocenters. The van der Waals surface area contributed by atoms with Crippen molar-refractivity contribution in [3.05, 3.63) is 47.0 Å². The van der Waals surface area contributed by atoms with E-state index in [9.17, 15) is 20.1 Å². The molecule has 0 fully saturated rings. The van der Waals surface area contributed by atoms with Gasteiger partial charge in [0.2, 0.25) is 5.78 Å². The molecule has 0 radical (unpaired) electrons. The SMILES string of the molecule is COc1ccc(C2Oc3c4c(cc(O)c3C(=O)C2O)OC(C)(C)C=C4)cc1O. The third-order valence-electron chi connectivity index (χ3n) is 4.86. The number of carbonyl (C=O) groups is 1. The Hall–Kier alpha value is -3.19. The molecule has 2 aliphatic heterocycles. The van der Waals surface area contributed by atoms with E-state index >= 15 is 0 Å². The van der Waals surface area contributed by atoms with Crippen LogP contribution in [0, 0.1) is 0 Å². The van der Waals surface area contributed by atoms with E-state index < -0.39 is 23.6 Å². The molecule has 7 heteroatoms. The van der Waals surface area contributed by atoms with Crippen molar-refractivity contribution in [3.8, 4) is 28.7 Å². The van der Waals surface area contributed by atoms with Gasteiger partial charge < -0.3 is 29.5 Å². The zero-order valence-electron chi connectivity index (χ0n) is 15.6. The van der Waals surface area contributed by atoms with E-state index in [4.69, 9.17) is 14.2 Å². The van der Waals surface area contributed by atoms with Gasteiger partial charge in [0.15, 0.2) is 23.7 Å². The van der Waals surface area contributed by atoms with Crippen molar-refractivity contribution in [2.24, 2.45) is 0 Å². The van der Waals surface area contributed by atoms with Gasteiger partial charge in [-0.25, -0.2) is 0 Å². The molecule has 4 rings (SSSR count). The zero-order valence-corrected chi connectivity index (χ0v) is 15.6. The molecule has 0 amide bonds. The number of methoxy groups -OCH3 is 1. The van der Waals surface area contributed by atoms with Crippen LogP contribution in [0.2, 0.25) is 0 Å². The van der Waals surface area contributed by atoms with Crippen molar-refractivity contribution >= 4 is 11.9 Å². The lowest BCUT2D eigenvalue weighted by Gasteiger charge is -2.34. The molecular formula is C21H20O7. The minimum absolute atomic E-state index is 0.0896. The molecule has 2 aliphatic rings. The van der Waals surface area contributed by atoms with Gasteiger partial charge in [0, 0.05) is 6.07 Å². The number of benzene rings is 2. The molecular weight excluding hydrogens is 364 g/mol. The summed E-state index contributed by atoms with van der Waals surface area (Å²) in [6.07, 6.45) is 0.977.